The molecular weight excluding hydrogens is 293 g/mol. The van der Waals surface area contributed by atoms with E-state index in [2.05, 4.69) is 4.74 Å². The molecule has 1 aromatic carbocycles. The van der Waals surface area contributed by atoms with E-state index in [9.17, 15) is 22.4 Å². The van der Waals surface area contributed by atoms with Gasteiger partial charge in [-0.25, -0.2) is 17.6 Å². The number of esters is 1. The molecule has 0 fully saturated rings. The molecule has 0 bridgehead atoms. The van der Waals surface area contributed by atoms with Gasteiger partial charge in [0, 0.05) is 0 Å². The van der Waals surface area contributed by atoms with Gasteiger partial charge < -0.3 is 9.84 Å². The van der Waals surface area contributed by atoms with Crippen molar-refractivity contribution in [3.05, 3.63) is 29.6 Å². The lowest BCUT2D eigenvalue weighted by molar-refractivity contribution is -0.136. The summed E-state index contributed by atoms with van der Waals surface area (Å²) in [5, 5.41) is 6.92. The summed E-state index contributed by atoms with van der Waals surface area (Å²) >= 11 is 0. The third-order valence-corrected chi connectivity index (χ3v) is 4.09. The van der Waals surface area contributed by atoms with Crippen LogP contribution in [-0.2, 0) is 19.6 Å². The van der Waals surface area contributed by atoms with Crippen molar-refractivity contribution >= 4 is 27.6 Å². The van der Waals surface area contributed by atoms with E-state index in [4.69, 9.17) is 5.11 Å². The maximum absolute atomic E-state index is 13.1. The van der Waals surface area contributed by atoms with Crippen LogP contribution in [0.25, 0.3) is 0 Å². The number of rotatable bonds is 5. The molecule has 1 unspecified atom stereocenters. The van der Waals surface area contributed by atoms with Crippen LogP contribution in [0.3, 0.4) is 0 Å². The number of hydrogen-bond donors (Lipinski definition) is 2. The lowest BCUT2D eigenvalue weighted by atomic mass is 10.2. The molecule has 1 atom stereocenters. The van der Waals surface area contributed by atoms with Gasteiger partial charge in [-0.3, -0.25) is 9.52 Å². The molecule has 0 spiro atoms. The number of carbonyl (C=O) groups is 2. The summed E-state index contributed by atoms with van der Waals surface area (Å²) in [5.41, 5.74) is -0.611. The normalized spacial score (nSPS) is 12.6. The van der Waals surface area contributed by atoms with Gasteiger partial charge in [-0.15, -0.1) is 0 Å². The number of anilines is 1. The Kier molecular flexibility index (Phi) is 4.66. The van der Waals surface area contributed by atoms with Crippen molar-refractivity contribution in [2.45, 2.75) is 12.2 Å². The molecule has 0 aliphatic rings. The fraction of sp³-hybridized carbons (Fsp3) is 0.273. The molecule has 1 aromatic rings. The van der Waals surface area contributed by atoms with Gasteiger partial charge in [0.2, 0.25) is 10.0 Å². The second-order valence-electron chi connectivity index (χ2n) is 3.81. The Bertz CT molecular complexity index is 642. The van der Waals surface area contributed by atoms with Gasteiger partial charge in [0.05, 0.1) is 18.4 Å². The number of aliphatic carboxylic acids is 1. The summed E-state index contributed by atoms with van der Waals surface area (Å²) in [6, 6.07) is 2.74. The topological polar surface area (TPSA) is 110 Å². The molecule has 1 rings (SSSR count). The second-order valence-corrected chi connectivity index (χ2v) is 5.81. The van der Waals surface area contributed by atoms with E-state index in [0.717, 1.165) is 32.2 Å². The quantitative estimate of drug-likeness (QED) is 0.780. The minimum Gasteiger partial charge on any atom is -0.480 e. The van der Waals surface area contributed by atoms with E-state index < -0.39 is 33.0 Å². The minimum absolute atomic E-state index is 0.227. The molecule has 9 heteroatoms. The van der Waals surface area contributed by atoms with Gasteiger partial charge in [-0.05, 0) is 25.1 Å². The predicted molar refractivity (Wildman–Crippen MR) is 67.4 cm³/mol. The van der Waals surface area contributed by atoms with Crippen LogP contribution in [0, 0.1) is 5.82 Å². The molecular formula is C11H12FNO6S. The molecule has 110 valence electrons. The fourth-order valence-corrected chi connectivity index (χ4v) is 2.18. The molecule has 0 heterocycles. The first-order valence-electron chi connectivity index (χ1n) is 5.31. The molecule has 2 N–H and O–H groups in total. The van der Waals surface area contributed by atoms with Crippen molar-refractivity contribution < 1.29 is 32.2 Å². The van der Waals surface area contributed by atoms with Crippen molar-refractivity contribution in [1.29, 1.82) is 0 Å². The number of sulfonamides is 1. The molecule has 0 aliphatic carbocycles. The summed E-state index contributed by atoms with van der Waals surface area (Å²) in [4.78, 5) is 22.1. The number of methoxy groups -OCH3 is 1. The van der Waals surface area contributed by atoms with Crippen LogP contribution in [0.2, 0.25) is 0 Å². The maximum Gasteiger partial charge on any atom is 0.339 e. The van der Waals surface area contributed by atoms with Gasteiger partial charge in [0.1, 0.15) is 5.82 Å². The van der Waals surface area contributed by atoms with Crippen LogP contribution >= 0.6 is 0 Å². The number of carboxylic acids is 1. The van der Waals surface area contributed by atoms with Crippen LogP contribution in [0.1, 0.15) is 17.3 Å². The Morgan fingerprint density at radius 2 is 2.00 bits per heavy atom. The number of ether oxygens (including phenoxy) is 1. The summed E-state index contributed by atoms with van der Waals surface area (Å²) in [6.45, 7) is 0.946. The molecule has 0 saturated carbocycles. The summed E-state index contributed by atoms with van der Waals surface area (Å²) in [6.07, 6.45) is 0. The van der Waals surface area contributed by atoms with Crippen molar-refractivity contribution in [2.75, 3.05) is 11.8 Å². The number of halogens is 1. The molecule has 0 saturated heterocycles. The average Bonchev–Trinajstić information content (AvgIpc) is 2.36. The third-order valence-electron chi connectivity index (χ3n) is 2.45. The van der Waals surface area contributed by atoms with Crippen molar-refractivity contribution in [3.8, 4) is 0 Å². The minimum atomic E-state index is -4.32. The number of carboxylic acid groups (broad SMARTS) is 1. The van der Waals surface area contributed by atoms with E-state index in [0.29, 0.717) is 0 Å². The highest BCUT2D eigenvalue weighted by Crippen LogP contribution is 2.20. The first-order valence-corrected chi connectivity index (χ1v) is 6.86. The van der Waals surface area contributed by atoms with Crippen LogP contribution in [0.4, 0.5) is 10.1 Å². The lowest BCUT2D eigenvalue weighted by Crippen LogP contribution is -2.32. The highest BCUT2D eigenvalue weighted by molar-refractivity contribution is 7.94. The monoisotopic (exact) mass is 305 g/mol. The molecule has 0 aliphatic heterocycles. The Morgan fingerprint density at radius 3 is 2.50 bits per heavy atom. The number of nitrogens with one attached hydrogen (secondary N) is 1. The standard InChI is InChI=1S/C11H12FNO6S/c1-6(10(14)15)20(17,18)13-9-5-7(12)3-4-8(9)11(16)19-2/h3-6,13H,1-2H3,(H,14,15). The summed E-state index contributed by atoms with van der Waals surface area (Å²) < 4.78 is 42.9. The van der Waals surface area contributed by atoms with Crippen molar-refractivity contribution in [2.24, 2.45) is 0 Å². The first-order chi connectivity index (χ1) is 9.19. The Hall–Kier alpha value is -2.16. The zero-order valence-electron chi connectivity index (χ0n) is 10.6. The van der Waals surface area contributed by atoms with Crippen molar-refractivity contribution in [3.63, 3.8) is 0 Å². The molecule has 0 amide bonds. The highest BCUT2D eigenvalue weighted by Gasteiger charge is 2.29. The molecule has 20 heavy (non-hydrogen) atoms. The second kappa shape index (κ2) is 5.87. The van der Waals surface area contributed by atoms with E-state index in [1.807, 2.05) is 4.72 Å². The fourth-order valence-electron chi connectivity index (χ4n) is 1.26. The van der Waals surface area contributed by atoms with Gasteiger partial charge in [-0.1, -0.05) is 0 Å². The predicted octanol–water partition coefficient (Wildman–Crippen LogP) is 0.827. The summed E-state index contributed by atoms with van der Waals surface area (Å²) in [7, 11) is -3.24. The molecule has 7 nitrogen and oxygen atoms in total. The smallest absolute Gasteiger partial charge is 0.339 e. The van der Waals surface area contributed by atoms with E-state index in [1.165, 1.54) is 0 Å². The Balaban J connectivity index is 3.24. The van der Waals surface area contributed by atoms with Crippen LogP contribution < -0.4 is 4.72 Å². The van der Waals surface area contributed by atoms with E-state index in [-0.39, 0.29) is 11.3 Å². The largest absolute Gasteiger partial charge is 0.480 e. The average molecular weight is 305 g/mol. The number of hydrogen-bond acceptors (Lipinski definition) is 5. The summed E-state index contributed by atoms with van der Waals surface area (Å²) in [5.74, 6) is -3.25. The zero-order valence-corrected chi connectivity index (χ0v) is 11.4. The Labute approximate surface area is 114 Å². The third kappa shape index (κ3) is 3.44. The van der Waals surface area contributed by atoms with Crippen LogP contribution in [0.5, 0.6) is 0 Å². The SMILES string of the molecule is COC(=O)c1ccc(F)cc1NS(=O)(=O)C(C)C(=O)O. The van der Waals surface area contributed by atoms with Gasteiger partial charge in [0.25, 0.3) is 0 Å². The van der Waals surface area contributed by atoms with Gasteiger partial charge >= 0.3 is 11.9 Å². The van der Waals surface area contributed by atoms with Crippen LogP contribution in [0.15, 0.2) is 18.2 Å². The number of carbonyl (C=O) groups excluding carboxylic acids is 1. The highest BCUT2D eigenvalue weighted by atomic mass is 32.2. The Morgan fingerprint density at radius 1 is 1.40 bits per heavy atom. The molecule has 0 radical (unpaired) electrons. The van der Waals surface area contributed by atoms with Gasteiger partial charge in [0.15, 0.2) is 5.25 Å². The lowest BCUT2D eigenvalue weighted by Gasteiger charge is -2.13. The molecule has 0 aromatic heterocycles. The van der Waals surface area contributed by atoms with E-state index in [1.54, 1.807) is 0 Å². The number of benzene rings is 1. The van der Waals surface area contributed by atoms with Crippen molar-refractivity contribution in [1.82, 2.24) is 0 Å². The maximum atomic E-state index is 13.1. The van der Waals surface area contributed by atoms with E-state index >= 15 is 0 Å². The van der Waals surface area contributed by atoms with Crippen LogP contribution in [-0.4, -0.2) is 37.8 Å². The first kappa shape index (κ1) is 15.9. The zero-order chi connectivity index (χ0) is 15.5. The van der Waals surface area contributed by atoms with Gasteiger partial charge in [-0.2, -0.15) is 0 Å².